The highest BCUT2D eigenvalue weighted by molar-refractivity contribution is 5.96. The van der Waals surface area contributed by atoms with Gasteiger partial charge in [-0.25, -0.2) is 0 Å². The van der Waals surface area contributed by atoms with Gasteiger partial charge in [-0.2, -0.15) is 0 Å². The molecule has 0 saturated heterocycles. The van der Waals surface area contributed by atoms with Crippen molar-refractivity contribution >= 4 is 5.91 Å². The zero-order chi connectivity index (χ0) is 13.8. The Morgan fingerprint density at radius 1 is 1.47 bits per heavy atom. The number of phenols is 1. The SMILES string of the molecule is COc1ccc(C(=O)NCc2cc(C)on2)c(O)c1. The third kappa shape index (κ3) is 3.04. The van der Waals surface area contributed by atoms with E-state index in [-0.39, 0.29) is 23.8 Å². The monoisotopic (exact) mass is 262 g/mol. The Labute approximate surface area is 110 Å². The van der Waals surface area contributed by atoms with Crippen LogP contribution in [0.1, 0.15) is 21.8 Å². The zero-order valence-electron chi connectivity index (χ0n) is 10.6. The second-order valence-corrected chi connectivity index (χ2v) is 3.99. The summed E-state index contributed by atoms with van der Waals surface area (Å²) in [7, 11) is 1.49. The van der Waals surface area contributed by atoms with E-state index < -0.39 is 0 Å². The van der Waals surface area contributed by atoms with E-state index in [1.165, 1.54) is 19.2 Å². The first-order valence-corrected chi connectivity index (χ1v) is 5.67. The van der Waals surface area contributed by atoms with Crippen LogP contribution in [0.15, 0.2) is 28.8 Å². The standard InChI is InChI=1S/C13H14N2O4/c1-8-5-9(15-19-8)7-14-13(17)11-4-3-10(18-2)6-12(11)16/h3-6,16H,7H2,1-2H3,(H,14,17). The van der Waals surface area contributed by atoms with Crippen molar-refractivity contribution in [2.24, 2.45) is 0 Å². The molecular weight excluding hydrogens is 248 g/mol. The summed E-state index contributed by atoms with van der Waals surface area (Å²) in [4.78, 5) is 11.9. The van der Waals surface area contributed by atoms with Crippen molar-refractivity contribution in [2.75, 3.05) is 7.11 Å². The van der Waals surface area contributed by atoms with Crippen LogP contribution in [0, 0.1) is 6.92 Å². The highest BCUT2D eigenvalue weighted by atomic mass is 16.5. The fourth-order valence-electron chi connectivity index (χ4n) is 1.60. The van der Waals surface area contributed by atoms with Crippen molar-refractivity contribution < 1.29 is 19.2 Å². The van der Waals surface area contributed by atoms with Crippen molar-refractivity contribution in [3.05, 3.63) is 41.3 Å². The summed E-state index contributed by atoms with van der Waals surface area (Å²) >= 11 is 0. The number of aryl methyl sites for hydroxylation is 1. The molecule has 19 heavy (non-hydrogen) atoms. The van der Waals surface area contributed by atoms with Gasteiger partial charge in [0.1, 0.15) is 23.0 Å². The summed E-state index contributed by atoms with van der Waals surface area (Å²) < 4.78 is 9.84. The number of amides is 1. The topological polar surface area (TPSA) is 84.6 Å². The van der Waals surface area contributed by atoms with Gasteiger partial charge in [-0.1, -0.05) is 5.16 Å². The fourth-order valence-corrected chi connectivity index (χ4v) is 1.60. The molecule has 0 unspecified atom stereocenters. The van der Waals surface area contributed by atoms with Crippen LogP contribution in [0.4, 0.5) is 0 Å². The predicted octanol–water partition coefficient (Wildman–Crippen LogP) is 1.63. The number of nitrogens with one attached hydrogen (secondary N) is 1. The molecule has 0 saturated carbocycles. The molecule has 0 fully saturated rings. The number of rotatable bonds is 4. The van der Waals surface area contributed by atoms with E-state index in [0.717, 1.165) is 0 Å². The summed E-state index contributed by atoms with van der Waals surface area (Å²) in [5.41, 5.74) is 0.805. The van der Waals surface area contributed by atoms with Gasteiger partial charge in [0.2, 0.25) is 0 Å². The molecule has 2 rings (SSSR count). The van der Waals surface area contributed by atoms with E-state index in [1.807, 2.05) is 0 Å². The summed E-state index contributed by atoms with van der Waals surface area (Å²) in [5.74, 6) is 0.645. The lowest BCUT2D eigenvalue weighted by Gasteiger charge is -2.07. The molecule has 6 nitrogen and oxygen atoms in total. The quantitative estimate of drug-likeness (QED) is 0.874. The van der Waals surface area contributed by atoms with E-state index in [2.05, 4.69) is 10.5 Å². The van der Waals surface area contributed by atoms with Crippen LogP contribution < -0.4 is 10.1 Å². The minimum atomic E-state index is -0.388. The number of carbonyl (C=O) groups is 1. The Balaban J connectivity index is 2.03. The van der Waals surface area contributed by atoms with Gasteiger partial charge in [-0.3, -0.25) is 4.79 Å². The number of aromatic hydroxyl groups is 1. The number of hydrogen-bond donors (Lipinski definition) is 2. The summed E-state index contributed by atoms with van der Waals surface area (Å²) in [6, 6.07) is 6.22. The van der Waals surface area contributed by atoms with E-state index >= 15 is 0 Å². The number of methoxy groups -OCH3 is 1. The number of phenolic OH excluding ortho intramolecular Hbond substituents is 1. The predicted molar refractivity (Wildman–Crippen MR) is 67.1 cm³/mol. The lowest BCUT2D eigenvalue weighted by molar-refractivity contribution is 0.0947. The average Bonchev–Trinajstić information content (AvgIpc) is 2.81. The second kappa shape index (κ2) is 5.43. The molecule has 0 bridgehead atoms. The minimum Gasteiger partial charge on any atom is -0.507 e. The molecule has 1 aromatic heterocycles. The molecule has 0 atom stereocenters. The molecule has 6 heteroatoms. The second-order valence-electron chi connectivity index (χ2n) is 3.99. The highest BCUT2D eigenvalue weighted by Gasteiger charge is 2.12. The lowest BCUT2D eigenvalue weighted by Crippen LogP contribution is -2.23. The van der Waals surface area contributed by atoms with Gasteiger partial charge in [-0.05, 0) is 19.1 Å². The molecule has 0 aliphatic carbocycles. The number of benzene rings is 1. The van der Waals surface area contributed by atoms with E-state index in [9.17, 15) is 9.90 Å². The normalized spacial score (nSPS) is 10.2. The molecule has 2 N–H and O–H groups in total. The molecule has 1 heterocycles. The van der Waals surface area contributed by atoms with Gasteiger partial charge in [0, 0.05) is 12.1 Å². The summed E-state index contributed by atoms with van der Waals surface area (Å²) in [6.45, 7) is 2.01. The van der Waals surface area contributed by atoms with Crippen LogP contribution in [-0.2, 0) is 6.54 Å². The molecule has 1 amide bonds. The highest BCUT2D eigenvalue weighted by Crippen LogP contribution is 2.23. The van der Waals surface area contributed by atoms with Crippen molar-refractivity contribution in [2.45, 2.75) is 13.5 Å². The zero-order valence-corrected chi connectivity index (χ0v) is 10.6. The van der Waals surface area contributed by atoms with Crippen LogP contribution in [0.3, 0.4) is 0 Å². The van der Waals surface area contributed by atoms with E-state index in [4.69, 9.17) is 9.26 Å². The Morgan fingerprint density at radius 3 is 2.84 bits per heavy atom. The third-order valence-electron chi connectivity index (χ3n) is 2.56. The first-order valence-electron chi connectivity index (χ1n) is 5.67. The first-order chi connectivity index (χ1) is 9.10. The fraction of sp³-hybridized carbons (Fsp3) is 0.231. The lowest BCUT2D eigenvalue weighted by atomic mass is 10.1. The molecule has 0 aliphatic heterocycles. The van der Waals surface area contributed by atoms with Crippen LogP contribution in [0.25, 0.3) is 0 Å². The van der Waals surface area contributed by atoms with Crippen molar-refractivity contribution in [1.29, 1.82) is 0 Å². The number of carbonyl (C=O) groups excluding carboxylic acids is 1. The average molecular weight is 262 g/mol. The minimum absolute atomic E-state index is 0.131. The molecule has 0 radical (unpaired) electrons. The van der Waals surface area contributed by atoms with Gasteiger partial charge in [0.15, 0.2) is 0 Å². The summed E-state index contributed by atoms with van der Waals surface area (Å²) in [6.07, 6.45) is 0. The largest absolute Gasteiger partial charge is 0.507 e. The maximum absolute atomic E-state index is 11.9. The molecule has 0 spiro atoms. The number of hydrogen-bond acceptors (Lipinski definition) is 5. The number of ether oxygens (including phenoxy) is 1. The van der Waals surface area contributed by atoms with Gasteiger partial charge in [0.25, 0.3) is 5.91 Å². The third-order valence-corrected chi connectivity index (χ3v) is 2.56. The number of aromatic nitrogens is 1. The summed E-state index contributed by atoms with van der Waals surface area (Å²) in [5, 5.41) is 16.1. The van der Waals surface area contributed by atoms with Gasteiger partial charge < -0.3 is 19.7 Å². The molecule has 0 aliphatic rings. The van der Waals surface area contributed by atoms with E-state index in [0.29, 0.717) is 17.2 Å². The van der Waals surface area contributed by atoms with Crippen LogP contribution in [0.5, 0.6) is 11.5 Å². The Bertz CT molecular complexity index is 592. The Kier molecular flexibility index (Phi) is 3.70. The van der Waals surface area contributed by atoms with Crippen LogP contribution in [0.2, 0.25) is 0 Å². The van der Waals surface area contributed by atoms with Gasteiger partial charge >= 0.3 is 0 Å². The first kappa shape index (κ1) is 12.9. The van der Waals surface area contributed by atoms with Crippen LogP contribution in [-0.4, -0.2) is 23.3 Å². The Morgan fingerprint density at radius 2 is 2.26 bits per heavy atom. The maximum Gasteiger partial charge on any atom is 0.255 e. The molecule has 1 aromatic carbocycles. The number of nitrogens with zero attached hydrogens (tertiary/aromatic N) is 1. The molecule has 2 aromatic rings. The Hall–Kier alpha value is -2.50. The van der Waals surface area contributed by atoms with Crippen molar-refractivity contribution in [3.63, 3.8) is 0 Å². The van der Waals surface area contributed by atoms with Gasteiger partial charge in [0.05, 0.1) is 19.2 Å². The molecule has 100 valence electrons. The molecular formula is C13H14N2O4. The smallest absolute Gasteiger partial charge is 0.255 e. The van der Waals surface area contributed by atoms with Crippen LogP contribution >= 0.6 is 0 Å². The van der Waals surface area contributed by atoms with Crippen molar-refractivity contribution in [3.8, 4) is 11.5 Å². The van der Waals surface area contributed by atoms with Crippen molar-refractivity contribution in [1.82, 2.24) is 10.5 Å². The van der Waals surface area contributed by atoms with E-state index in [1.54, 1.807) is 19.1 Å². The van der Waals surface area contributed by atoms with Gasteiger partial charge in [-0.15, -0.1) is 0 Å². The maximum atomic E-state index is 11.9.